The fourth-order valence-electron chi connectivity index (χ4n) is 2.69. The van der Waals surface area contributed by atoms with Crippen molar-refractivity contribution in [1.82, 2.24) is 20.2 Å². The molecular formula is C19H21N7O. The van der Waals surface area contributed by atoms with Crippen molar-refractivity contribution in [2.45, 2.75) is 12.8 Å². The fraction of sp³-hybridized carbons (Fsp3) is 0.263. The second-order valence-corrected chi connectivity index (χ2v) is 6.09. The van der Waals surface area contributed by atoms with E-state index in [2.05, 4.69) is 30.5 Å². The zero-order chi connectivity index (χ0) is 19.2. The largest absolute Gasteiger partial charge is 0.379 e. The van der Waals surface area contributed by atoms with Gasteiger partial charge >= 0.3 is 0 Å². The molecule has 0 aromatic carbocycles. The van der Waals surface area contributed by atoms with E-state index in [0.717, 1.165) is 22.2 Å². The Balaban J connectivity index is 1.94. The van der Waals surface area contributed by atoms with E-state index in [4.69, 9.17) is 10.1 Å². The third-order valence-electron chi connectivity index (χ3n) is 3.94. The van der Waals surface area contributed by atoms with Gasteiger partial charge in [0.05, 0.1) is 29.8 Å². The molecule has 0 saturated heterocycles. The van der Waals surface area contributed by atoms with E-state index in [1.165, 1.54) is 0 Å². The number of methoxy groups -OCH3 is 1. The van der Waals surface area contributed by atoms with Crippen LogP contribution in [0.25, 0.3) is 11.0 Å². The summed E-state index contributed by atoms with van der Waals surface area (Å²) in [6, 6.07) is 7.55. The Morgan fingerprint density at radius 3 is 2.85 bits per heavy atom. The van der Waals surface area contributed by atoms with Gasteiger partial charge in [0.2, 0.25) is 0 Å². The lowest BCUT2D eigenvalue weighted by atomic mass is 9.96. The van der Waals surface area contributed by atoms with Gasteiger partial charge in [0.1, 0.15) is 5.82 Å². The molecule has 3 heterocycles. The summed E-state index contributed by atoms with van der Waals surface area (Å²) >= 11 is 0. The Labute approximate surface area is 157 Å². The van der Waals surface area contributed by atoms with E-state index in [1.807, 2.05) is 31.2 Å². The van der Waals surface area contributed by atoms with E-state index < -0.39 is 0 Å². The Bertz CT molecular complexity index is 987. The number of nitrogens with zero attached hydrogens (tertiary/aromatic N) is 5. The van der Waals surface area contributed by atoms with E-state index in [0.29, 0.717) is 17.3 Å². The maximum atomic E-state index is 8.21. The first-order valence-corrected chi connectivity index (χ1v) is 8.42. The summed E-state index contributed by atoms with van der Waals surface area (Å²) in [6.07, 6.45) is 5.16. The van der Waals surface area contributed by atoms with Crippen LogP contribution >= 0.6 is 0 Å². The fourth-order valence-corrected chi connectivity index (χ4v) is 2.69. The van der Waals surface area contributed by atoms with Crippen LogP contribution in [-0.2, 0) is 4.74 Å². The van der Waals surface area contributed by atoms with Crippen molar-refractivity contribution in [3.05, 3.63) is 47.8 Å². The zero-order valence-corrected chi connectivity index (χ0v) is 15.5. The second-order valence-electron chi connectivity index (χ2n) is 6.09. The van der Waals surface area contributed by atoms with Gasteiger partial charge in [-0.3, -0.25) is 9.98 Å². The molecule has 138 valence electrons. The number of aryl methyl sites for hydroxylation is 1. The Morgan fingerprint density at radius 1 is 1.26 bits per heavy atom. The summed E-state index contributed by atoms with van der Waals surface area (Å²) in [5.74, 6) is 0.978. The first-order valence-electron chi connectivity index (χ1n) is 8.42. The van der Waals surface area contributed by atoms with Crippen LogP contribution in [0.1, 0.15) is 17.0 Å². The normalized spacial score (nSPS) is 12.4. The lowest BCUT2D eigenvalue weighted by Gasteiger charge is -2.14. The maximum absolute atomic E-state index is 8.21. The standard InChI is InChI=1S/C19H21N7O/c1-12-6-19(26-23-8-12)25-18-5-4-16-17(24-18)7-13(9-22-16)14(10-21-2)15(20)11-27-3/h4-10,14,20H,11H2,1-3H3,(H,24,25,26). The van der Waals surface area contributed by atoms with Crippen LogP contribution in [-0.4, -0.2) is 52.9 Å². The first kappa shape index (κ1) is 18.5. The van der Waals surface area contributed by atoms with Crippen molar-refractivity contribution in [3.8, 4) is 0 Å². The van der Waals surface area contributed by atoms with Gasteiger partial charge in [0.15, 0.2) is 5.82 Å². The highest BCUT2D eigenvalue weighted by Crippen LogP contribution is 2.21. The molecule has 8 nitrogen and oxygen atoms in total. The predicted octanol–water partition coefficient (Wildman–Crippen LogP) is 2.92. The molecule has 0 bridgehead atoms. The first-order chi connectivity index (χ1) is 13.1. The number of aliphatic imine (C=N–C) groups is 1. The summed E-state index contributed by atoms with van der Waals surface area (Å²) in [4.78, 5) is 13.2. The highest BCUT2D eigenvalue weighted by Gasteiger charge is 2.16. The van der Waals surface area contributed by atoms with Crippen molar-refractivity contribution in [2.75, 3.05) is 26.1 Å². The van der Waals surface area contributed by atoms with Crippen LogP contribution in [0.5, 0.6) is 0 Å². The van der Waals surface area contributed by atoms with Crippen LogP contribution in [0.2, 0.25) is 0 Å². The summed E-state index contributed by atoms with van der Waals surface area (Å²) in [7, 11) is 3.26. The van der Waals surface area contributed by atoms with Crippen molar-refractivity contribution in [1.29, 1.82) is 5.41 Å². The van der Waals surface area contributed by atoms with Gasteiger partial charge in [0.25, 0.3) is 0 Å². The number of anilines is 2. The lowest BCUT2D eigenvalue weighted by molar-refractivity contribution is 0.243. The molecule has 3 rings (SSSR count). The minimum absolute atomic E-state index is 0.232. The van der Waals surface area contributed by atoms with Crippen molar-refractivity contribution < 1.29 is 4.74 Å². The minimum Gasteiger partial charge on any atom is -0.379 e. The van der Waals surface area contributed by atoms with Gasteiger partial charge < -0.3 is 15.5 Å². The maximum Gasteiger partial charge on any atom is 0.154 e. The molecular weight excluding hydrogens is 342 g/mol. The number of pyridine rings is 2. The minimum atomic E-state index is -0.298. The number of ether oxygens (including phenoxy) is 1. The number of aromatic nitrogens is 4. The number of hydrogen-bond acceptors (Lipinski definition) is 8. The molecule has 0 aliphatic rings. The van der Waals surface area contributed by atoms with Crippen LogP contribution in [0.3, 0.4) is 0 Å². The third kappa shape index (κ3) is 4.48. The molecule has 1 unspecified atom stereocenters. The highest BCUT2D eigenvalue weighted by atomic mass is 16.5. The molecule has 3 aromatic rings. The quantitative estimate of drug-likeness (QED) is 0.625. The van der Waals surface area contributed by atoms with Crippen LogP contribution in [0, 0.1) is 12.3 Å². The summed E-state index contributed by atoms with van der Waals surface area (Å²) < 4.78 is 5.09. The second kappa shape index (κ2) is 8.41. The molecule has 0 amide bonds. The number of fused-ring (bicyclic) bond motifs is 1. The van der Waals surface area contributed by atoms with Gasteiger partial charge in [-0.2, -0.15) is 5.10 Å². The summed E-state index contributed by atoms with van der Waals surface area (Å²) in [5, 5.41) is 19.4. The molecule has 27 heavy (non-hydrogen) atoms. The van der Waals surface area contributed by atoms with Crippen molar-refractivity contribution in [2.24, 2.45) is 4.99 Å². The highest BCUT2D eigenvalue weighted by molar-refractivity contribution is 6.03. The average molecular weight is 363 g/mol. The predicted molar refractivity (Wildman–Crippen MR) is 106 cm³/mol. The summed E-state index contributed by atoms with van der Waals surface area (Å²) in [6.45, 7) is 2.18. The van der Waals surface area contributed by atoms with E-state index in [-0.39, 0.29) is 12.5 Å². The molecule has 0 saturated carbocycles. The van der Waals surface area contributed by atoms with Crippen molar-refractivity contribution >= 4 is 34.6 Å². The number of rotatable bonds is 7. The number of nitrogens with one attached hydrogen (secondary N) is 2. The molecule has 0 aliphatic heterocycles. The van der Waals surface area contributed by atoms with Gasteiger partial charge in [-0.05, 0) is 42.3 Å². The molecule has 0 fully saturated rings. The zero-order valence-electron chi connectivity index (χ0n) is 15.5. The molecule has 0 spiro atoms. The van der Waals surface area contributed by atoms with E-state index in [9.17, 15) is 0 Å². The third-order valence-corrected chi connectivity index (χ3v) is 3.94. The SMILES string of the molecule is CN=CC(C(=N)COC)c1cnc2ccc(Nc3cc(C)cnn3)nc2c1. The Morgan fingerprint density at radius 2 is 2.11 bits per heavy atom. The molecule has 3 aromatic heterocycles. The molecule has 1 atom stereocenters. The van der Waals surface area contributed by atoms with Gasteiger partial charge in [0, 0.05) is 32.3 Å². The topological polar surface area (TPSA) is 109 Å². The van der Waals surface area contributed by atoms with E-state index in [1.54, 1.807) is 32.8 Å². The molecule has 0 aliphatic carbocycles. The van der Waals surface area contributed by atoms with Gasteiger partial charge in [-0.15, -0.1) is 5.10 Å². The molecule has 8 heteroatoms. The van der Waals surface area contributed by atoms with Gasteiger partial charge in [-0.1, -0.05) is 0 Å². The number of hydrogen-bond donors (Lipinski definition) is 2. The monoisotopic (exact) mass is 363 g/mol. The van der Waals surface area contributed by atoms with Crippen LogP contribution in [0.15, 0.2) is 41.7 Å². The van der Waals surface area contributed by atoms with Crippen LogP contribution < -0.4 is 5.32 Å². The van der Waals surface area contributed by atoms with Gasteiger partial charge in [-0.25, -0.2) is 4.98 Å². The van der Waals surface area contributed by atoms with Crippen LogP contribution in [0.4, 0.5) is 11.6 Å². The smallest absolute Gasteiger partial charge is 0.154 e. The molecule has 0 radical (unpaired) electrons. The van der Waals surface area contributed by atoms with Crippen molar-refractivity contribution in [3.63, 3.8) is 0 Å². The lowest BCUT2D eigenvalue weighted by Crippen LogP contribution is -2.18. The Hall–Kier alpha value is -3.26. The summed E-state index contributed by atoms with van der Waals surface area (Å²) in [5.41, 5.74) is 3.75. The average Bonchev–Trinajstić information content (AvgIpc) is 2.66. The Kier molecular flexibility index (Phi) is 5.77. The van der Waals surface area contributed by atoms with E-state index >= 15 is 0 Å². The molecule has 2 N–H and O–H groups in total.